The van der Waals surface area contributed by atoms with Gasteiger partial charge in [0.2, 0.25) is 0 Å². The van der Waals surface area contributed by atoms with E-state index in [1.165, 1.54) is 5.56 Å². The normalized spacial score (nSPS) is 13.6. The summed E-state index contributed by atoms with van der Waals surface area (Å²) in [7, 11) is -4.49. The van der Waals surface area contributed by atoms with E-state index in [1.807, 2.05) is 18.2 Å². The van der Waals surface area contributed by atoms with E-state index in [2.05, 4.69) is 40.6 Å². The Morgan fingerprint density at radius 1 is 1.14 bits per heavy atom. The van der Waals surface area contributed by atoms with E-state index in [0.29, 0.717) is 6.42 Å². The Kier molecular flexibility index (Phi) is 8.91. The van der Waals surface area contributed by atoms with Gasteiger partial charge in [-0.05, 0) is 56.7 Å². The smallest absolute Gasteiger partial charge is 0.323 e. The lowest BCUT2D eigenvalue weighted by atomic mass is 9.98. The monoisotopic (exact) mass is 421 g/mol. The zero-order valence-electron chi connectivity index (χ0n) is 16.1. The number of unbranched alkanes of at least 4 members (excludes halogenated alkanes) is 2. The fourth-order valence-corrected chi connectivity index (χ4v) is 3.97. The van der Waals surface area contributed by atoms with Gasteiger partial charge >= 0.3 is 7.82 Å². The van der Waals surface area contributed by atoms with Gasteiger partial charge in [0.05, 0.1) is 11.5 Å². The molecule has 0 radical (unpaired) electrons. The van der Waals surface area contributed by atoms with Crippen LogP contribution in [0.3, 0.4) is 0 Å². The van der Waals surface area contributed by atoms with Gasteiger partial charge in [-0.2, -0.15) is 0 Å². The highest BCUT2D eigenvalue weighted by atomic mass is 32.1. The molecule has 1 unspecified atom stereocenters. The molecule has 4 N–H and O–H groups in total. The molecule has 0 spiro atoms. The molecule has 0 aliphatic rings. The molecule has 0 aliphatic carbocycles. The van der Waals surface area contributed by atoms with Crippen molar-refractivity contribution >= 4 is 19.2 Å². The second kappa shape index (κ2) is 10.9. The van der Waals surface area contributed by atoms with E-state index in [4.69, 9.17) is 15.5 Å². The van der Waals surface area contributed by atoms with Crippen molar-refractivity contribution in [1.29, 1.82) is 0 Å². The number of phosphoric acid groups is 1. The number of hydrogen-bond donors (Lipinski definition) is 3. The van der Waals surface area contributed by atoms with Crippen LogP contribution in [-0.4, -0.2) is 21.9 Å². The van der Waals surface area contributed by atoms with Crippen molar-refractivity contribution in [3.8, 4) is 11.8 Å². The fourth-order valence-electron chi connectivity index (χ4n) is 2.63. The maximum absolute atomic E-state index is 10.8. The van der Waals surface area contributed by atoms with Gasteiger partial charge in [0.15, 0.2) is 0 Å². The largest absolute Gasteiger partial charge is 0.469 e. The Morgan fingerprint density at radius 2 is 1.89 bits per heavy atom. The number of rotatable bonds is 10. The van der Waals surface area contributed by atoms with E-state index < -0.39 is 13.4 Å². The number of hydrogen-bond acceptors (Lipinski definition) is 4. The minimum Gasteiger partial charge on any atom is -0.323 e. The van der Waals surface area contributed by atoms with Crippen molar-refractivity contribution in [3.05, 3.63) is 57.8 Å². The Hall–Kier alpha value is -1.45. The molecule has 0 aliphatic heterocycles. The molecule has 152 valence electrons. The lowest BCUT2D eigenvalue weighted by Crippen LogP contribution is -2.41. The molecule has 1 atom stereocenters. The maximum atomic E-state index is 10.8. The number of nitrogens with two attached hydrogens (primary N) is 1. The second-order valence-corrected chi connectivity index (χ2v) is 9.59. The molecule has 1 heterocycles. The van der Waals surface area contributed by atoms with Crippen LogP contribution in [0.1, 0.15) is 47.9 Å². The standard InChI is InChI=1S/C21H28NO4PS/c1-21(22,17-26-27(23,24)25)16-15-20-14-13-19(28-20)12-8-3-2-5-9-18-10-6-4-7-11-18/h4,6-7,10-11,13-14H,2-3,5,9,15-17,22H2,1H3,(H2,23,24,25). The summed E-state index contributed by atoms with van der Waals surface area (Å²) in [5.74, 6) is 6.46. The number of thiophene rings is 1. The average molecular weight is 421 g/mol. The van der Waals surface area contributed by atoms with Crippen molar-refractivity contribution in [3.63, 3.8) is 0 Å². The first kappa shape index (κ1) is 22.8. The average Bonchev–Trinajstić information content (AvgIpc) is 3.10. The van der Waals surface area contributed by atoms with E-state index >= 15 is 0 Å². The zero-order valence-corrected chi connectivity index (χ0v) is 17.8. The first-order chi connectivity index (χ1) is 13.2. The van der Waals surface area contributed by atoms with Gasteiger partial charge < -0.3 is 15.5 Å². The SMILES string of the molecule is CC(N)(CCc1ccc(C#CCCCCc2ccccc2)s1)COP(=O)(O)O. The van der Waals surface area contributed by atoms with Gasteiger partial charge in [-0.25, -0.2) is 4.57 Å². The van der Waals surface area contributed by atoms with Crippen LogP contribution >= 0.6 is 19.2 Å². The van der Waals surface area contributed by atoms with Gasteiger partial charge in [-0.3, -0.25) is 4.52 Å². The first-order valence-electron chi connectivity index (χ1n) is 9.34. The van der Waals surface area contributed by atoms with Crippen molar-refractivity contribution in [2.24, 2.45) is 5.73 Å². The molecule has 0 bridgehead atoms. The van der Waals surface area contributed by atoms with Gasteiger partial charge in [0.1, 0.15) is 0 Å². The quantitative estimate of drug-likeness (QED) is 0.303. The predicted octanol–water partition coefficient (Wildman–Crippen LogP) is 4.27. The molecule has 0 amide bonds. The number of aryl methyl sites for hydroxylation is 2. The van der Waals surface area contributed by atoms with E-state index in [9.17, 15) is 4.57 Å². The maximum Gasteiger partial charge on any atom is 0.469 e. The van der Waals surface area contributed by atoms with Crippen LogP contribution in [0.25, 0.3) is 0 Å². The molecule has 0 saturated heterocycles. The van der Waals surface area contributed by atoms with Crippen LogP contribution in [0.15, 0.2) is 42.5 Å². The van der Waals surface area contributed by atoms with Crippen LogP contribution in [0.5, 0.6) is 0 Å². The van der Waals surface area contributed by atoms with Gasteiger partial charge in [0, 0.05) is 16.8 Å². The van der Waals surface area contributed by atoms with Gasteiger partial charge in [-0.1, -0.05) is 42.2 Å². The minimum atomic E-state index is -4.49. The molecule has 2 rings (SSSR count). The summed E-state index contributed by atoms with van der Waals surface area (Å²) in [6, 6.07) is 14.5. The summed E-state index contributed by atoms with van der Waals surface area (Å²) in [5, 5.41) is 0. The van der Waals surface area contributed by atoms with E-state index in [1.54, 1.807) is 18.3 Å². The molecular formula is C21H28NO4PS. The van der Waals surface area contributed by atoms with Crippen molar-refractivity contribution < 1.29 is 18.9 Å². The van der Waals surface area contributed by atoms with Crippen LogP contribution < -0.4 is 5.73 Å². The molecule has 1 aromatic carbocycles. The molecule has 0 saturated carbocycles. The molecule has 28 heavy (non-hydrogen) atoms. The van der Waals surface area contributed by atoms with Crippen molar-refractivity contribution in [2.75, 3.05) is 6.61 Å². The third kappa shape index (κ3) is 9.66. The third-order valence-corrected chi connectivity index (χ3v) is 5.76. The predicted molar refractivity (Wildman–Crippen MR) is 114 cm³/mol. The van der Waals surface area contributed by atoms with E-state index in [-0.39, 0.29) is 6.61 Å². The molecule has 0 fully saturated rings. The molecule has 7 heteroatoms. The highest BCUT2D eigenvalue weighted by Crippen LogP contribution is 2.37. The highest BCUT2D eigenvalue weighted by molar-refractivity contribution is 7.46. The van der Waals surface area contributed by atoms with Crippen LogP contribution in [0.2, 0.25) is 0 Å². The molecule has 1 aromatic heterocycles. The lowest BCUT2D eigenvalue weighted by Gasteiger charge is -2.24. The van der Waals surface area contributed by atoms with Crippen LogP contribution in [0, 0.1) is 11.8 Å². The summed E-state index contributed by atoms with van der Waals surface area (Å²) >= 11 is 1.63. The lowest BCUT2D eigenvalue weighted by molar-refractivity contribution is 0.154. The number of benzene rings is 1. The topological polar surface area (TPSA) is 92.8 Å². The summed E-state index contributed by atoms with van der Waals surface area (Å²) in [6.45, 7) is 1.55. The van der Waals surface area contributed by atoms with Crippen LogP contribution in [-0.2, 0) is 21.9 Å². The molecule has 2 aromatic rings. The zero-order chi connectivity index (χ0) is 20.5. The highest BCUT2D eigenvalue weighted by Gasteiger charge is 2.24. The van der Waals surface area contributed by atoms with Crippen molar-refractivity contribution in [2.45, 2.75) is 51.0 Å². The Labute approximate surface area is 171 Å². The van der Waals surface area contributed by atoms with Crippen LogP contribution in [0.4, 0.5) is 0 Å². The Bertz CT molecular complexity index is 833. The summed E-state index contributed by atoms with van der Waals surface area (Å²) in [5.41, 5.74) is 6.63. The first-order valence-corrected chi connectivity index (χ1v) is 11.7. The Balaban J connectivity index is 1.69. The summed E-state index contributed by atoms with van der Waals surface area (Å²) in [4.78, 5) is 19.8. The molecule has 5 nitrogen and oxygen atoms in total. The fraction of sp³-hybridized carbons (Fsp3) is 0.429. The second-order valence-electron chi connectivity index (χ2n) is 7.18. The third-order valence-electron chi connectivity index (χ3n) is 4.24. The summed E-state index contributed by atoms with van der Waals surface area (Å²) < 4.78 is 15.3. The molecular weight excluding hydrogens is 393 g/mol. The van der Waals surface area contributed by atoms with E-state index in [0.717, 1.165) is 41.9 Å². The van der Waals surface area contributed by atoms with Gasteiger partial charge in [0.25, 0.3) is 0 Å². The summed E-state index contributed by atoms with van der Waals surface area (Å²) in [6.07, 6.45) is 5.50. The Morgan fingerprint density at radius 3 is 2.61 bits per heavy atom. The number of phosphoric ester groups is 1. The van der Waals surface area contributed by atoms with Crippen molar-refractivity contribution in [1.82, 2.24) is 0 Å². The van der Waals surface area contributed by atoms with Gasteiger partial charge in [-0.15, -0.1) is 11.3 Å². The minimum absolute atomic E-state index is 0.182.